The molecule has 0 aromatic heterocycles. The van der Waals surface area contributed by atoms with Crippen molar-refractivity contribution in [2.24, 2.45) is 0 Å². The Bertz CT molecular complexity index is 381. The highest BCUT2D eigenvalue weighted by Gasteiger charge is 2.24. The maximum absolute atomic E-state index is 13.7. The van der Waals surface area contributed by atoms with E-state index in [1.807, 2.05) is 4.90 Å². The zero-order valence-electron chi connectivity index (χ0n) is 9.43. The van der Waals surface area contributed by atoms with Gasteiger partial charge in [0.1, 0.15) is 12.5 Å². The minimum absolute atomic E-state index is 0.349. The van der Waals surface area contributed by atoms with Gasteiger partial charge < -0.3 is 5.32 Å². The van der Waals surface area contributed by atoms with E-state index in [-0.39, 0.29) is 0 Å². The third-order valence-corrected chi connectivity index (χ3v) is 3.29. The van der Waals surface area contributed by atoms with E-state index < -0.39 is 18.5 Å². The summed E-state index contributed by atoms with van der Waals surface area (Å²) >= 11 is 5.84. The third kappa shape index (κ3) is 2.94. The van der Waals surface area contributed by atoms with Crippen LogP contribution in [0.4, 0.5) is 8.78 Å². The molecule has 1 heterocycles. The van der Waals surface area contributed by atoms with Crippen LogP contribution in [0, 0.1) is 5.82 Å². The molecule has 5 heteroatoms. The lowest BCUT2D eigenvalue weighted by Gasteiger charge is -2.33. The van der Waals surface area contributed by atoms with Gasteiger partial charge in [-0.2, -0.15) is 0 Å². The van der Waals surface area contributed by atoms with E-state index in [0.29, 0.717) is 10.6 Å². The summed E-state index contributed by atoms with van der Waals surface area (Å²) in [4.78, 5) is 1.95. The molecule has 1 aromatic rings. The normalized spacial score (nSPS) is 19.2. The Morgan fingerprint density at radius 3 is 2.71 bits per heavy atom. The average Bonchev–Trinajstić information content (AvgIpc) is 2.36. The van der Waals surface area contributed by atoms with E-state index >= 15 is 0 Å². The first-order valence-corrected chi connectivity index (χ1v) is 6.06. The number of benzene rings is 1. The number of hydrogen-bond acceptors (Lipinski definition) is 2. The molecule has 0 aliphatic carbocycles. The average molecular weight is 261 g/mol. The SMILES string of the molecule is FC[C@H](c1cc(Cl)ccc1F)N1CCNCC1. The Balaban J connectivity index is 2.24. The van der Waals surface area contributed by atoms with Gasteiger partial charge in [-0.1, -0.05) is 11.6 Å². The van der Waals surface area contributed by atoms with Crippen molar-refractivity contribution in [3.05, 3.63) is 34.6 Å². The second-order valence-electron chi connectivity index (χ2n) is 4.12. The number of hydrogen-bond donors (Lipinski definition) is 1. The van der Waals surface area contributed by atoms with E-state index in [9.17, 15) is 8.78 Å². The molecule has 94 valence electrons. The van der Waals surface area contributed by atoms with Gasteiger partial charge in [-0.15, -0.1) is 0 Å². The lowest BCUT2D eigenvalue weighted by atomic mass is 10.0. The second kappa shape index (κ2) is 5.76. The molecule has 2 nitrogen and oxygen atoms in total. The molecule has 17 heavy (non-hydrogen) atoms. The molecule has 1 N–H and O–H groups in total. The van der Waals surface area contributed by atoms with Crippen LogP contribution in [0.1, 0.15) is 11.6 Å². The van der Waals surface area contributed by atoms with Crippen LogP contribution in [0.25, 0.3) is 0 Å². The molecule has 1 aromatic carbocycles. The predicted molar refractivity (Wildman–Crippen MR) is 64.6 cm³/mol. The largest absolute Gasteiger partial charge is 0.314 e. The smallest absolute Gasteiger partial charge is 0.128 e. The number of rotatable bonds is 3. The van der Waals surface area contributed by atoms with Crippen LogP contribution in [0.3, 0.4) is 0 Å². The maximum atomic E-state index is 13.7. The van der Waals surface area contributed by atoms with E-state index in [0.717, 1.165) is 26.2 Å². The molecule has 1 atom stereocenters. The fraction of sp³-hybridized carbons (Fsp3) is 0.500. The summed E-state index contributed by atoms with van der Waals surface area (Å²) < 4.78 is 26.9. The highest BCUT2D eigenvalue weighted by Crippen LogP contribution is 2.26. The monoisotopic (exact) mass is 260 g/mol. The standard InChI is InChI=1S/C12H15ClF2N2/c13-9-1-2-11(15)10(7-9)12(8-14)17-5-3-16-4-6-17/h1-2,7,12,16H,3-6,8H2/t12-/m1/s1. The number of piperazine rings is 1. The van der Waals surface area contributed by atoms with E-state index in [2.05, 4.69) is 5.32 Å². The molecule has 0 saturated carbocycles. The van der Waals surface area contributed by atoms with E-state index in [1.165, 1.54) is 18.2 Å². The van der Waals surface area contributed by atoms with Crippen molar-refractivity contribution in [3.63, 3.8) is 0 Å². The maximum Gasteiger partial charge on any atom is 0.128 e. The topological polar surface area (TPSA) is 15.3 Å². The molecule has 0 bridgehead atoms. The highest BCUT2D eigenvalue weighted by atomic mass is 35.5. The van der Waals surface area contributed by atoms with Gasteiger partial charge in [0.05, 0.1) is 6.04 Å². The second-order valence-corrected chi connectivity index (χ2v) is 4.56. The van der Waals surface area contributed by atoms with Crippen LogP contribution in [0.15, 0.2) is 18.2 Å². The molecule has 0 amide bonds. The molecule has 0 unspecified atom stereocenters. The van der Waals surface area contributed by atoms with Gasteiger partial charge >= 0.3 is 0 Å². The van der Waals surface area contributed by atoms with Crippen molar-refractivity contribution in [2.75, 3.05) is 32.9 Å². The number of nitrogens with zero attached hydrogens (tertiary/aromatic N) is 1. The highest BCUT2D eigenvalue weighted by molar-refractivity contribution is 6.30. The molecule has 1 fully saturated rings. The van der Waals surface area contributed by atoms with Crippen LogP contribution in [0.5, 0.6) is 0 Å². The van der Waals surface area contributed by atoms with Crippen molar-refractivity contribution in [1.82, 2.24) is 10.2 Å². The summed E-state index contributed by atoms with van der Waals surface area (Å²) in [6.07, 6.45) is 0. The van der Waals surface area contributed by atoms with Gasteiger partial charge in [-0.05, 0) is 18.2 Å². The molecule has 2 rings (SSSR count). The van der Waals surface area contributed by atoms with E-state index in [1.54, 1.807) is 0 Å². The van der Waals surface area contributed by atoms with Crippen LogP contribution < -0.4 is 5.32 Å². The third-order valence-electron chi connectivity index (χ3n) is 3.06. The number of alkyl halides is 1. The molecule has 0 spiro atoms. The summed E-state index contributed by atoms with van der Waals surface area (Å²) in [6.45, 7) is 2.45. The van der Waals surface area contributed by atoms with Crippen LogP contribution >= 0.6 is 11.6 Å². The fourth-order valence-electron chi connectivity index (χ4n) is 2.14. The summed E-state index contributed by atoms with van der Waals surface area (Å²) in [5, 5.41) is 3.63. The van der Waals surface area contributed by atoms with Crippen molar-refractivity contribution >= 4 is 11.6 Å². The summed E-state index contributed by atoms with van der Waals surface area (Å²) in [5.74, 6) is -0.393. The lowest BCUT2D eigenvalue weighted by molar-refractivity contribution is 0.144. The summed E-state index contributed by atoms with van der Waals surface area (Å²) in [5.41, 5.74) is 0.349. The molecule has 0 radical (unpaired) electrons. The Morgan fingerprint density at radius 2 is 2.06 bits per heavy atom. The van der Waals surface area contributed by atoms with Gasteiger partial charge in [0.15, 0.2) is 0 Å². The number of nitrogens with one attached hydrogen (secondary N) is 1. The lowest BCUT2D eigenvalue weighted by Crippen LogP contribution is -2.45. The quantitative estimate of drug-likeness (QED) is 0.898. The Hall–Kier alpha value is -0.710. The predicted octanol–water partition coefficient (Wildman–Crippen LogP) is 2.39. The Kier molecular flexibility index (Phi) is 4.31. The fourth-order valence-corrected chi connectivity index (χ4v) is 2.32. The Morgan fingerprint density at radius 1 is 1.35 bits per heavy atom. The first-order valence-electron chi connectivity index (χ1n) is 5.68. The van der Waals surface area contributed by atoms with Gasteiger partial charge in [-0.25, -0.2) is 8.78 Å². The molecule has 1 aliphatic heterocycles. The van der Waals surface area contributed by atoms with Gasteiger partial charge in [0.25, 0.3) is 0 Å². The molecule has 1 aliphatic rings. The van der Waals surface area contributed by atoms with Crippen LogP contribution in [0.2, 0.25) is 5.02 Å². The van der Waals surface area contributed by atoms with Crippen molar-refractivity contribution in [1.29, 1.82) is 0 Å². The van der Waals surface area contributed by atoms with Crippen LogP contribution in [-0.4, -0.2) is 37.8 Å². The van der Waals surface area contributed by atoms with Gasteiger partial charge in [0.2, 0.25) is 0 Å². The summed E-state index contributed by atoms with van der Waals surface area (Å²) in [7, 11) is 0. The van der Waals surface area contributed by atoms with Gasteiger partial charge in [-0.3, -0.25) is 4.90 Å². The minimum atomic E-state index is -0.600. The molecular weight excluding hydrogens is 246 g/mol. The first kappa shape index (κ1) is 12.7. The van der Waals surface area contributed by atoms with Gasteiger partial charge in [0, 0.05) is 36.8 Å². The van der Waals surface area contributed by atoms with E-state index in [4.69, 9.17) is 11.6 Å². The zero-order valence-corrected chi connectivity index (χ0v) is 10.2. The Labute approximate surface area is 105 Å². The van der Waals surface area contributed by atoms with Crippen molar-refractivity contribution in [3.8, 4) is 0 Å². The van der Waals surface area contributed by atoms with Crippen LogP contribution in [-0.2, 0) is 0 Å². The summed E-state index contributed by atoms with van der Waals surface area (Å²) in [6, 6.07) is 3.76. The first-order chi connectivity index (χ1) is 8.22. The molecular formula is C12H15ClF2N2. The van der Waals surface area contributed by atoms with Crippen molar-refractivity contribution in [2.45, 2.75) is 6.04 Å². The van der Waals surface area contributed by atoms with Crippen molar-refractivity contribution < 1.29 is 8.78 Å². The zero-order chi connectivity index (χ0) is 12.3. The number of halogens is 3. The minimum Gasteiger partial charge on any atom is -0.314 e. The molecule has 1 saturated heterocycles.